The van der Waals surface area contributed by atoms with Crippen molar-refractivity contribution in [2.24, 2.45) is 0 Å². The number of rotatable bonds is 0. The smallest absolute Gasteiger partial charge is 0.145 e. The van der Waals surface area contributed by atoms with Gasteiger partial charge in [0.2, 0.25) is 0 Å². The fourth-order valence-corrected chi connectivity index (χ4v) is 7.02. The van der Waals surface area contributed by atoms with E-state index in [4.69, 9.17) is 4.42 Å². The van der Waals surface area contributed by atoms with E-state index in [0.29, 0.717) is 0 Å². The van der Waals surface area contributed by atoms with Crippen LogP contribution in [0.15, 0.2) is 95.4 Å². The third-order valence-corrected chi connectivity index (χ3v) is 8.52. The number of benzene rings is 5. The van der Waals surface area contributed by atoms with Gasteiger partial charge < -0.3 is 8.82 Å². The highest BCUT2D eigenvalue weighted by Gasteiger charge is 2.37. The number of furan rings is 1. The highest BCUT2D eigenvalue weighted by Crippen LogP contribution is 2.54. The van der Waals surface area contributed by atoms with Gasteiger partial charge in [-0.15, -0.1) is 0 Å². The van der Waals surface area contributed by atoms with E-state index in [9.17, 15) is 0 Å². The molecule has 2 nitrogen and oxygen atoms in total. The second-order valence-corrected chi connectivity index (χ2v) is 10.5. The Bertz CT molecular complexity index is 2190. The monoisotopic (exact) mass is 447 g/mol. The van der Waals surface area contributed by atoms with Gasteiger partial charge in [0.05, 0.1) is 21.9 Å². The zero-order valence-corrected chi connectivity index (χ0v) is 19.5. The molecule has 1 aliphatic rings. The van der Waals surface area contributed by atoms with Crippen LogP contribution in [-0.2, 0) is 5.41 Å². The molecule has 0 saturated carbocycles. The molecule has 0 unspecified atom stereocenters. The lowest BCUT2D eigenvalue weighted by molar-refractivity contribution is 0.661. The number of hydrogen-bond donors (Lipinski definition) is 0. The topological polar surface area (TPSA) is 17.6 Å². The van der Waals surface area contributed by atoms with Crippen LogP contribution in [0.25, 0.3) is 71.2 Å². The summed E-state index contributed by atoms with van der Waals surface area (Å²) in [6.45, 7) is 4.72. The van der Waals surface area contributed by atoms with Crippen molar-refractivity contribution < 1.29 is 4.42 Å². The molecule has 5 aromatic carbocycles. The van der Waals surface area contributed by atoms with E-state index in [2.05, 4.69) is 109 Å². The lowest BCUT2D eigenvalue weighted by atomic mass is 9.82. The fourth-order valence-electron chi connectivity index (χ4n) is 7.02. The van der Waals surface area contributed by atoms with E-state index in [1.54, 1.807) is 0 Å². The van der Waals surface area contributed by atoms with Gasteiger partial charge in [-0.3, -0.25) is 0 Å². The Labute approximate surface area is 201 Å². The summed E-state index contributed by atoms with van der Waals surface area (Å²) < 4.78 is 9.01. The van der Waals surface area contributed by atoms with E-state index < -0.39 is 0 Å². The molecule has 0 spiro atoms. The van der Waals surface area contributed by atoms with Crippen molar-refractivity contribution >= 4 is 60.0 Å². The molecule has 0 fully saturated rings. The number of fused-ring (bicyclic) bond motifs is 14. The molecule has 3 heterocycles. The minimum Gasteiger partial charge on any atom is -0.455 e. The fraction of sp³-hybridized carbons (Fsp3) is 0.0909. The average molecular weight is 448 g/mol. The van der Waals surface area contributed by atoms with Crippen molar-refractivity contribution in [1.82, 2.24) is 4.40 Å². The second kappa shape index (κ2) is 5.67. The summed E-state index contributed by atoms with van der Waals surface area (Å²) in [4.78, 5) is 0. The molecule has 9 rings (SSSR count). The summed E-state index contributed by atoms with van der Waals surface area (Å²) in [5, 5.41) is 7.52. The first kappa shape index (κ1) is 18.1. The second-order valence-electron chi connectivity index (χ2n) is 10.5. The molecule has 2 heteroatoms. The lowest BCUT2D eigenvalue weighted by Crippen LogP contribution is -2.14. The largest absolute Gasteiger partial charge is 0.455 e. The number of para-hydroxylation sites is 2. The van der Waals surface area contributed by atoms with E-state index >= 15 is 0 Å². The van der Waals surface area contributed by atoms with Crippen LogP contribution in [-0.4, -0.2) is 4.40 Å². The van der Waals surface area contributed by atoms with Crippen LogP contribution < -0.4 is 0 Å². The average Bonchev–Trinajstić information content (AvgIpc) is 3.58. The number of aromatic nitrogens is 1. The third kappa shape index (κ3) is 1.89. The maximum atomic E-state index is 6.54. The Morgan fingerprint density at radius 3 is 2.31 bits per heavy atom. The van der Waals surface area contributed by atoms with Crippen molar-refractivity contribution in [3.8, 4) is 11.1 Å². The Kier molecular flexibility index (Phi) is 2.93. The van der Waals surface area contributed by atoms with Crippen LogP contribution in [0.4, 0.5) is 0 Å². The number of hydrogen-bond acceptors (Lipinski definition) is 1. The highest BCUT2D eigenvalue weighted by molar-refractivity contribution is 6.34. The Morgan fingerprint density at radius 1 is 0.629 bits per heavy atom. The summed E-state index contributed by atoms with van der Waals surface area (Å²) in [6.07, 6.45) is 0. The van der Waals surface area contributed by atoms with Crippen LogP contribution in [0.5, 0.6) is 0 Å². The predicted molar refractivity (Wildman–Crippen MR) is 146 cm³/mol. The zero-order valence-electron chi connectivity index (χ0n) is 19.5. The normalized spacial score (nSPS) is 14.8. The molecule has 1 aliphatic carbocycles. The van der Waals surface area contributed by atoms with Gasteiger partial charge in [-0.1, -0.05) is 80.6 Å². The van der Waals surface area contributed by atoms with Crippen LogP contribution in [0.1, 0.15) is 25.0 Å². The standard InChI is InChI=1S/C33H21NO/c1-33(2)23-12-6-3-10-19(23)28-24(33)15-16-26-29(28)22-17-21-18-9-5-8-14-27(18)35-32(21)30-20-11-4-7-13-25(20)34(26)31(22)30/h3-17H,1-2H3. The first-order valence-electron chi connectivity index (χ1n) is 12.3. The van der Waals surface area contributed by atoms with Gasteiger partial charge in [0.1, 0.15) is 11.2 Å². The maximum absolute atomic E-state index is 6.54. The molecule has 0 saturated heterocycles. The van der Waals surface area contributed by atoms with Crippen LogP contribution in [0.2, 0.25) is 0 Å². The van der Waals surface area contributed by atoms with Crippen LogP contribution >= 0.6 is 0 Å². The highest BCUT2D eigenvalue weighted by atomic mass is 16.3. The van der Waals surface area contributed by atoms with Gasteiger partial charge in [0.15, 0.2) is 0 Å². The molecule has 0 aliphatic heterocycles. The van der Waals surface area contributed by atoms with Gasteiger partial charge in [0.25, 0.3) is 0 Å². The maximum Gasteiger partial charge on any atom is 0.145 e. The third-order valence-electron chi connectivity index (χ3n) is 8.52. The molecule has 0 atom stereocenters. The Morgan fingerprint density at radius 2 is 1.40 bits per heavy atom. The zero-order chi connectivity index (χ0) is 23.1. The van der Waals surface area contributed by atoms with Crippen molar-refractivity contribution in [2.75, 3.05) is 0 Å². The summed E-state index contributed by atoms with van der Waals surface area (Å²) >= 11 is 0. The van der Waals surface area contributed by atoms with Crippen LogP contribution in [0, 0.1) is 0 Å². The van der Waals surface area contributed by atoms with Crippen molar-refractivity contribution in [3.63, 3.8) is 0 Å². The summed E-state index contributed by atoms with van der Waals surface area (Å²) in [6, 6.07) is 33.2. The summed E-state index contributed by atoms with van der Waals surface area (Å²) in [5.41, 5.74) is 11.3. The minimum absolute atomic E-state index is 0.0220. The van der Waals surface area contributed by atoms with Gasteiger partial charge in [-0.2, -0.15) is 0 Å². The molecule has 0 bridgehead atoms. The molecule has 8 aromatic rings. The van der Waals surface area contributed by atoms with E-state index in [0.717, 1.165) is 11.2 Å². The first-order valence-corrected chi connectivity index (χ1v) is 12.3. The molecule has 0 amide bonds. The summed E-state index contributed by atoms with van der Waals surface area (Å²) in [7, 11) is 0. The van der Waals surface area contributed by atoms with Gasteiger partial charge in [0, 0.05) is 32.3 Å². The Balaban J connectivity index is 1.64. The molecule has 3 aromatic heterocycles. The molecule has 164 valence electrons. The summed E-state index contributed by atoms with van der Waals surface area (Å²) in [5.74, 6) is 0. The van der Waals surface area contributed by atoms with Gasteiger partial charge in [-0.25, -0.2) is 0 Å². The predicted octanol–water partition coefficient (Wildman–Crippen LogP) is 9.04. The number of nitrogens with zero attached hydrogens (tertiary/aromatic N) is 1. The van der Waals surface area contributed by atoms with Crippen molar-refractivity contribution in [3.05, 3.63) is 102 Å². The van der Waals surface area contributed by atoms with Crippen molar-refractivity contribution in [2.45, 2.75) is 19.3 Å². The quantitative estimate of drug-likeness (QED) is 0.227. The van der Waals surface area contributed by atoms with Gasteiger partial charge in [-0.05, 0) is 46.5 Å². The molecular weight excluding hydrogens is 426 g/mol. The Hall–Kier alpha value is -4.30. The molecular formula is C33H21NO. The lowest BCUT2D eigenvalue weighted by Gasteiger charge is -2.21. The molecule has 35 heavy (non-hydrogen) atoms. The van der Waals surface area contributed by atoms with Gasteiger partial charge >= 0.3 is 0 Å². The van der Waals surface area contributed by atoms with Crippen LogP contribution in [0.3, 0.4) is 0 Å². The molecule has 0 N–H and O–H groups in total. The van der Waals surface area contributed by atoms with Crippen molar-refractivity contribution in [1.29, 1.82) is 0 Å². The van der Waals surface area contributed by atoms with E-state index in [1.807, 2.05) is 0 Å². The van der Waals surface area contributed by atoms with E-state index in [-0.39, 0.29) is 5.41 Å². The molecule has 0 radical (unpaired) electrons. The minimum atomic E-state index is -0.0220. The van der Waals surface area contributed by atoms with E-state index in [1.165, 1.54) is 71.1 Å². The SMILES string of the molecule is CC1(C)c2ccccc2-c2c1ccc1c2c2cc3c4ccccc4oc3c3c4ccccc4n1c23. The first-order chi connectivity index (χ1) is 17.1.